The van der Waals surface area contributed by atoms with Crippen molar-refractivity contribution in [2.75, 3.05) is 0 Å². The third kappa shape index (κ3) is 1.35. The Labute approximate surface area is 130 Å². The molecule has 3 aliphatic rings. The second kappa shape index (κ2) is 4.25. The van der Waals surface area contributed by atoms with Gasteiger partial charge in [-0.3, -0.25) is 4.79 Å². The summed E-state index contributed by atoms with van der Waals surface area (Å²) in [5.41, 5.74) is 0.370. The zero-order valence-corrected chi connectivity index (χ0v) is 13.1. The highest BCUT2D eigenvalue weighted by atomic mass is 16.5. The molecule has 1 aromatic carbocycles. The maximum Gasteiger partial charge on any atom is 0.174 e. The molecule has 4 rings (SSSR count). The molecule has 0 saturated heterocycles. The highest BCUT2D eigenvalue weighted by Gasteiger charge is 2.69. The highest BCUT2D eigenvalue weighted by Crippen LogP contribution is 2.64. The molecule has 4 nitrogen and oxygen atoms in total. The average molecular weight is 302 g/mol. The van der Waals surface area contributed by atoms with Crippen LogP contribution in [0, 0.1) is 5.92 Å². The second-order valence-electron chi connectivity index (χ2n) is 7.16. The van der Waals surface area contributed by atoms with Crippen molar-refractivity contribution in [3.63, 3.8) is 0 Å². The first-order valence-electron chi connectivity index (χ1n) is 8.22. The number of rotatable bonds is 2. The summed E-state index contributed by atoms with van der Waals surface area (Å²) in [7, 11) is 0. The molecule has 4 atom stereocenters. The lowest BCUT2D eigenvalue weighted by Crippen LogP contribution is -2.67. The fourth-order valence-corrected chi connectivity index (χ4v) is 5.24. The van der Waals surface area contributed by atoms with E-state index in [0.29, 0.717) is 25.0 Å². The Morgan fingerprint density at radius 3 is 2.91 bits per heavy atom. The van der Waals surface area contributed by atoms with Crippen molar-refractivity contribution < 1.29 is 19.7 Å². The molecule has 2 N–H and O–H groups in total. The standard InChI is InChI=1S/C18H22O4/c1-3-7-17-14-11-4-5-12(19)15(14)22-16(17)13(20)6-8-18(17,21)10(2)9-11/h4-5,10,16,19,21H,3,6-9H2,1-2H3. The van der Waals surface area contributed by atoms with Crippen LogP contribution in [0.15, 0.2) is 12.1 Å². The van der Waals surface area contributed by atoms with Crippen LogP contribution in [0.1, 0.15) is 50.7 Å². The molecule has 4 unspecified atom stereocenters. The Hall–Kier alpha value is -1.55. The first-order chi connectivity index (χ1) is 10.5. The summed E-state index contributed by atoms with van der Waals surface area (Å²) in [6, 6.07) is 3.57. The molecule has 22 heavy (non-hydrogen) atoms. The predicted molar refractivity (Wildman–Crippen MR) is 81.2 cm³/mol. The van der Waals surface area contributed by atoms with E-state index in [1.165, 1.54) is 0 Å². The molecule has 0 amide bonds. The molecule has 1 aromatic rings. The summed E-state index contributed by atoms with van der Waals surface area (Å²) in [5.74, 6) is 0.625. The molecular weight excluding hydrogens is 280 g/mol. The van der Waals surface area contributed by atoms with E-state index < -0.39 is 17.1 Å². The van der Waals surface area contributed by atoms with Crippen molar-refractivity contribution in [2.45, 2.75) is 63.1 Å². The van der Waals surface area contributed by atoms with E-state index in [1.807, 2.05) is 6.07 Å². The summed E-state index contributed by atoms with van der Waals surface area (Å²) >= 11 is 0. The Morgan fingerprint density at radius 1 is 1.41 bits per heavy atom. The Bertz CT molecular complexity index is 667. The van der Waals surface area contributed by atoms with Crippen LogP contribution in [0.5, 0.6) is 11.5 Å². The van der Waals surface area contributed by atoms with Crippen LogP contribution >= 0.6 is 0 Å². The topological polar surface area (TPSA) is 66.8 Å². The fraction of sp³-hybridized carbons (Fsp3) is 0.611. The van der Waals surface area contributed by atoms with Crippen molar-refractivity contribution >= 4 is 5.78 Å². The third-order valence-corrected chi connectivity index (χ3v) is 6.16. The monoisotopic (exact) mass is 302 g/mol. The molecule has 4 heteroatoms. The van der Waals surface area contributed by atoms with Crippen molar-refractivity contribution in [1.82, 2.24) is 0 Å². The van der Waals surface area contributed by atoms with Gasteiger partial charge in [0.25, 0.3) is 0 Å². The van der Waals surface area contributed by atoms with Gasteiger partial charge in [0.05, 0.1) is 11.0 Å². The van der Waals surface area contributed by atoms with Gasteiger partial charge in [-0.05, 0) is 36.8 Å². The van der Waals surface area contributed by atoms with Gasteiger partial charge in [0.15, 0.2) is 23.4 Å². The normalized spacial score (nSPS) is 38.6. The van der Waals surface area contributed by atoms with Crippen LogP contribution in [-0.2, 0) is 16.6 Å². The summed E-state index contributed by atoms with van der Waals surface area (Å²) in [6.07, 6.45) is 2.50. The maximum atomic E-state index is 12.5. The number of hydrogen-bond donors (Lipinski definition) is 2. The zero-order valence-electron chi connectivity index (χ0n) is 13.1. The smallest absolute Gasteiger partial charge is 0.174 e. The van der Waals surface area contributed by atoms with E-state index >= 15 is 0 Å². The summed E-state index contributed by atoms with van der Waals surface area (Å²) in [5, 5.41) is 21.8. The number of ether oxygens (including phenoxy) is 1. The van der Waals surface area contributed by atoms with Crippen LogP contribution in [0.2, 0.25) is 0 Å². The van der Waals surface area contributed by atoms with Gasteiger partial charge in [0.1, 0.15) is 0 Å². The molecule has 1 saturated carbocycles. The summed E-state index contributed by atoms with van der Waals surface area (Å²) in [4.78, 5) is 12.5. The maximum absolute atomic E-state index is 12.5. The fourth-order valence-electron chi connectivity index (χ4n) is 5.24. The van der Waals surface area contributed by atoms with Crippen molar-refractivity contribution in [3.8, 4) is 11.5 Å². The molecule has 2 aliphatic carbocycles. The number of carbonyl (C=O) groups excluding carboxylic acids is 1. The molecular formula is C18H22O4. The number of aliphatic hydroxyl groups is 1. The van der Waals surface area contributed by atoms with Crippen molar-refractivity contribution in [3.05, 3.63) is 23.3 Å². The molecule has 1 fully saturated rings. The lowest BCUT2D eigenvalue weighted by Gasteiger charge is -2.56. The minimum absolute atomic E-state index is 0.0498. The van der Waals surface area contributed by atoms with E-state index in [1.54, 1.807) is 6.07 Å². The van der Waals surface area contributed by atoms with Crippen molar-refractivity contribution in [2.24, 2.45) is 5.92 Å². The van der Waals surface area contributed by atoms with E-state index in [0.717, 1.165) is 24.0 Å². The Balaban J connectivity index is 2.07. The first kappa shape index (κ1) is 14.1. The van der Waals surface area contributed by atoms with Gasteiger partial charge in [0, 0.05) is 12.0 Å². The van der Waals surface area contributed by atoms with Crippen LogP contribution in [0.3, 0.4) is 0 Å². The van der Waals surface area contributed by atoms with E-state index in [4.69, 9.17) is 4.74 Å². The predicted octanol–water partition coefficient (Wildman–Crippen LogP) is 2.48. The number of benzene rings is 1. The Kier molecular flexibility index (Phi) is 2.72. The number of Topliss-reactive ketones (excluding diaryl/α,β-unsaturated/α-hetero) is 1. The van der Waals surface area contributed by atoms with Crippen molar-refractivity contribution in [1.29, 1.82) is 0 Å². The number of hydrogen-bond acceptors (Lipinski definition) is 4. The molecule has 0 aromatic heterocycles. The summed E-state index contributed by atoms with van der Waals surface area (Å²) < 4.78 is 5.96. The van der Waals surface area contributed by atoms with E-state index in [-0.39, 0.29) is 17.5 Å². The van der Waals surface area contributed by atoms with Gasteiger partial charge in [-0.25, -0.2) is 0 Å². The van der Waals surface area contributed by atoms with Crippen LogP contribution in [0.25, 0.3) is 0 Å². The SMILES string of the molecule is CCCC12c3c4ccc(O)c3OC1C(=O)CCC2(O)C(C)C4. The molecule has 1 aliphatic heterocycles. The highest BCUT2D eigenvalue weighted by molar-refractivity contribution is 5.89. The zero-order chi connectivity index (χ0) is 15.7. The average Bonchev–Trinajstić information content (AvgIpc) is 2.84. The lowest BCUT2D eigenvalue weighted by atomic mass is 9.49. The molecule has 0 bridgehead atoms. The van der Waals surface area contributed by atoms with Gasteiger partial charge in [0.2, 0.25) is 0 Å². The number of aromatic hydroxyl groups is 1. The van der Waals surface area contributed by atoms with Gasteiger partial charge in [-0.2, -0.15) is 0 Å². The second-order valence-corrected chi connectivity index (χ2v) is 7.16. The van der Waals surface area contributed by atoms with Crippen LogP contribution in [0.4, 0.5) is 0 Å². The molecule has 0 radical (unpaired) electrons. The molecule has 1 heterocycles. The third-order valence-electron chi connectivity index (χ3n) is 6.16. The van der Waals surface area contributed by atoms with Crippen LogP contribution in [-0.4, -0.2) is 27.7 Å². The van der Waals surface area contributed by atoms with Crippen LogP contribution < -0.4 is 4.74 Å². The minimum atomic E-state index is -0.937. The number of ketones is 1. The molecule has 118 valence electrons. The van der Waals surface area contributed by atoms with Gasteiger partial charge in [-0.1, -0.05) is 26.3 Å². The summed E-state index contributed by atoms with van der Waals surface area (Å²) in [6.45, 7) is 4.14. The van der Waals surface area contributed by atoms with Gasteiger partial charge >= 0.3 is 0 Å². The van der Waals surface area contributed by atoms with E-state index in [2.05, 4.69) is 13.8 Å². The largest absolute Gasteiger partial charge is 0.504 e. The van der Waals surface area contributed by atoms with Gasteiger partial charge < -0.3 is 14.9 Å². The minimum Gasteiger partial charge on any atom is -0.504 e. The quantitative estimate of drug-likeness (QED) is 0.881. The van der Waals surface area contributed by atoms with Gasteiger partial charge in [-0.15, -0.1) is 0 Å². The molecule has 0 spiro atoms. The number of phenols is 1. The Morgan fingerprint density at radius 2 is 2.18 bits per heavy atom. The lowest BCUT2D eigenvalue weighted by molar-refractivity contribution is -0.164. The van der Waals surface area contributed by atoms with E-state index in [9.17, 15) is 15.0 Å². The first-order valence-corrected chi connectivity index (χ1v) is 8.22. The number of phenolic OH excluding ortho intramolecular Hbond substituents is 1. The number of carbonyl (C=O) groups is 1.